The summed E-state index contributed by atoms with van der Waals surface area (Å²) in [4.78, 5) is 16.7. The molecule has 4 N–H and O–H groups in total. The van der Waals surface area contributed by atoms with Crippen molar-refractivity contribution in [2.75, 3.05) is 19.6 Å². The molecule has 0 saturated heterocycles. The van der Waals surface area contributed by atoms with Gasteiger partial charge in [0.25, 0.3) is 5.91 Å². The van der Waals surface area contributed by atoms with Gasteiger partial charge >= 0.3 is 0 Å². The summed E-state index contributed by atoms with van der Waals surface area (Å²) in [6.07, 6.45) is 7.71. The van der Waals surface area contributed by atoms with Crippen LogP contribution < -0.4 is 10.6 Å². The van der Waals surface area contributed by atoms with E-state index in [9.17, 15) is 9.90 Å². The SMILES string of the molecule is O=C(NCCNCCc1cnc([C@](O)(c2ccccc2)C2CCCCC2)o1)c1ccc(CO)cc1. The van der Waals surface area contributed by atoms with Crippen molar-refractivity contribution in [2.45, 2.75) is 50.7 Å². The molecule has 1 saturated carbocycles. The number of rotatable bonds is 11. The third kappa shape index (κ3) is 6.17. The molecule has 0 spiro atoms. The third-order valence-corrected chi connectivity index (χ3v) is 6.82. The number of hydrogen-bond donors (Lipinski definition) is 4. The van der Waals surface area contributed by atoms with Crippen LogP contribution in [0.25, 0.3) is 0 Å². The van der Waals surface area contributed by atoms with Crippen molar-refractivity contribution in [3.05, 3.63) is 89.1 Å². The molecule has 4 rings (SSSR count). The Bertz CT molecular complexity index is 1060. The molecule has 0 unspecified atom stereocenters. The summed E-state index contributed by atoms with van der Waals surface area (Å²) >= 11 is 0. The summed E-state index contributed by atoms with van der Waals surface area (Å²) in [5.41, 5.74) is 0.965. The standard InChI is InChI=1S/C28H35N3O4/c32-20-21-11-13-22(14-12-21)26(33)30-18-17-29-16-15-25-19-31-27(35-25)28(34,23-7-3-1-4-8-23)24-9-5-2-6-10-24/h1,3-4,7-8,11-14,19,24,29,32,34H,2,5-6,9-10,15-18,20H2,(H,30,33)/t28-/m0/s1. The monoisotopic (exact) mass is 477 g/mol. The van der Waals surface area contributed by atoms with E-state index in [1.807, 2.05) is 30.3 Å². The van der Waals surface area contributed by atoms with Crippen molar-refractivity contribution in [1.82, 2.24) is 15.6 Å². The number of hydrogen-bond acceptors (Lipinski definition) is 6. The summed E-state index contributed by atoms with van der Waals surface area (Å²) in [6, 6.07) is 16.6. The molecular weight excluding hydrogens is 442 g/mol. The number of aliphatic hydroxyl groups is 2. The van der Waals surface area contributed by atoms with Crippen LogP contribution in [0.5, 0.6) is 0 Å². The average Bonchev–Trinajstić information content (AvgIpc) is 3.40. The maximum Gasteiger partial charge on any atom is 0.251 e. The van der Waals surface area contributed by atoms with Gasteiger partial charge in [-0.2, -0.15) is 0 Å². The van der Waals surface area contributed by atoms with E-state index in [4.69, 9.17) is 9.52 Å². The lowest BCUT2D eigenvalue weighted by atomic mass is 9.73. The summed E-state index contributed by atoms with van der Waals surface area (Å²) in [6.45, 7) is 1.75. The van der Waals surface area contributed by atoms with Crippen molar-refractivity contribution in [3.8, 4) is 0 Å². The van der Waals surface area contributed by atoms with Crippen LogP contribution in [0.15, 0.2) is 65.2 Å². The number of aliphatic hydroxyl groups excluding tert-OH is 1. The van der Waals surface area contributed by atoms with Gasteiger partial charge in [-0.25, -0.2) is 4.98 Å². The lowest BCUT2D eigenvalue weighted by molar-refractivity contribution is -0.0238. The molecule has 1 aromatic heterocycles. The van der Waals surface area contributed by atoms with Crippen LogP contribution in [-0.2, 0) is 18.6 Å². The summed E-state index contributed by atoms with van der Waals surface area (Å²) < 4.78 is 6.09. The number of aromatic nitrogens is 1. The van der Waals surface area contributed by atoms with Crippen LogP contribution in [0.2, 0.25) is 0 Å². The zero-order chi connectivity index (χ0) is 24.5. The van der Waals surface area contributed by atoms with Gasteiger partial charge in [0, 0.05) is 37.5 Å². The predicted molar refractivity (Wildman–Crippen MR) is 134 cm³/mol. The fourth-order valence-electron chi connectivity index (χ4n) is 4.81. The van der Waals surface area contributed by atoms with Crippen molar-refractivity contribution >= 4 is 5.91 Å². The normalized spacial score (nSPS) is 16.1. The average molecular weight is 478 g/mol. The second-order valence-electron chi connectivity index (χ2n) is 9.21. The zero-order valence-electron chi connectivity index (χ0n) is 20.1. The molecular formula is C28H35N3O4. The summed E-state index contributed by atoms with van der Waals surface area (Å²) in [5.74, 6) is 1.06. The van der Waals surface area contributed by atoms with Crippen LogP contribution in [-0.4, -0.2) is 40.7 Å². The third-order valence-electron chi connectivity index (χ3n) is 6.82. The summed E-state index contributed by atoms with van der Waals surface area (Å²) in [7, 11) is 0. The first-order chi connectivity index (χ1) is 17.1. The number of nitrogens with zero attached hydrogens (tertiary/aromatic N) is 1. The molecule has 7 heteroatoms. The molecule has 2 aromatic carbocycles. The fraction of sp³-hybridized carbons (Fsp3) is 0.429. The molecule has 1 amide bonds. The molecule has 7 nitrogen and oxygen atoms in total. The molecule has 3 aromatic rings. The number of carbonyl (C=O) groups is 1. The largest absolute Gasteiger partial charge is 0.442 e. The highest BCUT2D eigenvalue weighted by molar-refractivity contribution is 5.94. The maximum absolute atomic E-state index is 12.2. The highest BCUT2D eigenvalue weighted by Gasteiger charge is 2.44. The van der Waals surface area contributed by atoms with Gasteiger partial charge in [-0.1, -0.05) is 61.7 Å². The smallest absolute Gasteiger partial charge is 0.251 e. The molecule has 186 valence electrons. The molecule has 1 fully saturated rings. The van der Waals surface area contributed by atoms with Gasteiger partial charge in [-0.15, -0.1) is 0 Å². The second-order valence-corrected chi connectivity index (χ2v) is 9.21. The Hall–Kier alpha value is -3.00. The maximum atomic E-state index is 12.2. The second kappa shape index (κ2) is 12.1. The lowest BCUT2D eigenvalue weighted by Crippen LogP contribution is -2.38. The fourth-order valence-corrected chi connectivity index (χ4v) is 4.81. The molecule has 1 atom stereocenters. The van der Waals surface area contributed by atoms with E-state index in [1.165, 1.54) is 6.42 Å². The van der Waals surface area contributed by atoms with Crippen molar-refractivity contribution in [1.29, 1.82) is 0 Å². The topological polar surface area (TPSA) is 108 Å². The minimum atomic E-state index is -1.22. The van der Waals surface area contributed by atoms with Gasteiger partial charge in [-0.05, 0) is 36.1 Å². The molecule has 1 aliphatic carbocycles. The predicted octanol–water partition coefficient (Wildman–Crippen LogP) is 3.55. The number of amides is 1. The van der Waals surface area contributed by atoms with Gasteiger partial charge in [0.2, 0.25) is 5.89 Å². The number of nitrogens with one attached hydrogen (secondary N) is 2. The first-order valence-corrected chi connectivity index (χ1v) is 12.5. The summed E-state index contributed by atoms with van der Waals surface area (Å²) in [5, 5.41) is 27.2. The van der Waals surface area contributed by atoms with Gasteiger partial charge in [0.15, 0.2) is 5.60 Å². The number of benzene rings is 2. The zero-order valence-corrected chi connectivity index (χ0v) is 20.1. The van der Waals surface area contributed by atoms with Crippen molar-refractivity contribution in [2.24, 2.45) is 5.92 Å². The molecule has 1 heterocycles. The lowest BCUT2D eigenvalue weighted by Gasteiger charge is -2.36. The molecule has 0 radical (unpaired) electrons. The first kappa shape index (κ1) is 25.1. The van der Waals surface area contributed by atoms with E-state index in [-0.39, 0.29) is 18.4 Å². The van der Waals surface area contributed by atoms with Crippen LogP contribution in [0, 0.1) is 5.92 Å². The quantitative estimate of drug-likeness (QED) is 0.315. The van der Waals surface area contributed by atoms with Crippen molar-refractivity contribution < 1.29 is 19.4 Å². The molecule has 1 aliphatic rings. The van der Waals surface area contributed by atoms with E-state index >= 15 is 0 Å². The highest BCUT2D eigenvalue weighted by Crippen LogP contribution is 2.43. The Morgan fingerprint density at radius 3 is 2.46 bits per heavy atom. The Kier molecular flexibility index (Phi) is 8.69. The number of carbonyl (C=O) groups excluding carboxylic acids is 1. The van der Waals surface area contributed by atoms with Gasteiger partial charge in [0.05, 0.1) is 12.8 Å². The first-order valence-electron chi connectivity index (χ1n) is 12.5. The van der Waals surface area contributed by atoms with Gasteiger partial charge in [0.1, 0.15) is 5.76 Å². The van der Waals surface area contributed by atoms with Crippen LogP contribution >= 0.6 is 0 Å². The Labute approximate surface area is 206 Å². The van der Waals surface area contributed by atoms with Crippen LogP contribution in [0.4, 0.5) is 0 Å². The van der Waals surface area contributed by atoms with E-state index in [0.29, 0.717) is 37.5 Å². The van der Waals surface area contributed by atoms with E-state index < -0.39 is 5.60 Å². The number of oxazole rings is 1. The molecule has 35 heavy (non-hydrogen) atoms. The minimum absolute atomic E-state index is 0.0371. The van der Waals surface area contributed by atoms with Crippen LogP contribution in [0.1, 0.15) is 65.2 Å². The Morgan fingerprint density at radius 2 is 1.74 bits per heavy atom. The molecule has 0 aliphatic heterocycles. The van der Waals surface area contributed by atoms with Crippen molar-refractivity contribution in [3.63, 3.8) is 0 Å². The van der Waals surface area contributed by atoms with Gasteiger partial charge in [-0.3, -0.25) is 4.79 Å². The highest BCUT2D eigenvalue weighted by atomic mass is 16.4. The van der Waals surface area contributed by atoms with E-state index in [0.717, 1.165) is 42.6 Å². The van der Waals surface area contributed by atoms with E-state index in [1.54, 1.807) is 30.5 Å². The van der Waals surface area contributed by atoms with Crippen LogP contribution in [0.3, 0.4) is 0 Å². The van der Waals surface area contributed by atoms with E-state index in [2.05, 4.69) is 15.6 Å². The molecule has 0 bridgehead atoms. The minimum Gasteiger partial charge on any atom is -0.442 e. The Morgan fingerprint density at radius 1 is 1.00 bits per heavy atom. The Balaban J connectivity index is 1.27. The van der Waals surface area contributed by atoms with Gasteiger partial charge < -0.3 is 25.3 Å².